The van der Waals surface area contributed by atoms with Crippen LogP contribution in [-0.4, -0.2) is 73.0 Å². The SMILES string of the molecule is Cc1c(C(=O)NCC(=O)N2CC[C@H](N)C2)ccc(Nc2nccn3c(-c4cn(CC#N)nc4C(F)(F)F)cnc23)c1OC=O. The van der Waals surface area contributed by atoms with Crippen molar-refractivity contribution in [1.29, 1.82) is 5.26 Å². The van der Waals surface area contributed by atoms with Gasteiger partial charge >= 0.3 is 6.18 Å². The molecule has 1 aliphatic heterocycles. The average Bonchev–Trinajstić information content (AvgIpc) is 3.72. The first-order chi connectivity index (χ1) is 21.0. The molecule has 0 radical (unpaired) electrons. The molecule has 4 heterocycles. The topological polar surface area (TPSA) is 186 Å². The van der Waals surface area contributed by atoms with Gasteiger partial charge in [0.15, 0.2) is 22.9 Å². The Morgan fingerprint density at radius 1 is 1.30 bits per heavy atom. The lowest BCUT2D eigenvalue weighted by Gasteiger charge is -2.17. The fourth-order valence-electron chi connectivity index (χ4n) is 4.92. The van der Waals surface area contributed by atoms with E-state index in [-0.39, 0.29) is 76.8 Å². The molecule has 228 valence electrons. The van der Waals surface area contributed by atoms with Crippen LogP contribution in [-0.2, 0) is 22.3 Å². The molecule has 1 fully saturated rings. The van der Waals surface area contributed by atoms with Gasteiger partial charge in [-0.3, -0.25) is 23.5 Å². The van der Waals surface area contributed by atoms with Crippen LogP contribution in [0, 0.1) is 18.3 Å². The molecule has 0 bridgehead atoms. The number of nitrogens with zero attached hydrogens (tertiary/aromatic N) is 7. The van der Waals surface area contributed by atoms with E-state index < -0.39 is 17.8 Å². The summed E-state index contributed by atoms with van der Waals surface area (Å²) in [4.78, 5) is 46.8. The highest BCUT2D eigenvalue weighted by atomic mass is 19.4. The van der Waals surface area contributed by atoms with Gasteiger partial charge in [-0.15, -0.1) is 0 Å². The van der Waals surface area contributed by atoms with E-state index in [1.165, 1.54) is 35.1 Å². The number of benzene rings is 1. The summed E-state index contributed by atoms with van der Waals surface area (Å²) in [5, 5.41) is 18.0. The van der Waals surface area contributed by atoms with Gasteiger partial charge in [0.1, 0.15) is 6.54 Å². The Bertz CT molecular complexity index is 1790. The zero-order valence-corrected chi connectivity index (χ0v) is 23.1. The minimum Gasteiger partial charge on any atom is -0.426 e. The van der Waals surface area contributed by atoms with Crippen molar-refractivity contribution in [3.63, 3.8) is 0 Å². The monoisotopic (exact) mass is 610 g/mol. The van der Waals surface area contributed by atoms with Crippen LogP contribution in [0.25, 0.3) is 16.9 Å². The van der Waals surface area contributed by atoms with Crippen molar-refractivity contribution in [2.45, 2.75) is 32.1 Å². The highest BCUT2D eigenvalue weighted by molar-refractivity contribution is 5.99. The highest BCUT2D eigenvalue weighted by Gasteiger charge is 2.38. The molecule has 1 aromatic carbocycles. The van der Waals surface area contributed by atoms with Crippen molar-refractivity contribution in [2.75, 3.05) is 25.0 Å². The minimum absolute atomic E-state index is 0.0165. The number of carbonyl (C=O) groups is 3. The third-order valence-corrected chi connectivity index (χ3v) is 7.01. The van der Waals surface area contributed by atoms with E-state index in [0.29, 0.717) is 19.5 Å². The summed E-state index contributed by atoms with van der Waals surface area (Å²) in [7, 11) is 0. The van der Waals surface area contributed by atoms with Crippen LogP contribution in [0.15, 0.2) is 36.9 Å². The third-order valence-electron chi connectivity index (χ3n) is 7.01. The molecule has 1 saturated heterocycles. The van der Waals surface area contributed by atoms with Crippen molar-refractivity contribution in [3.8, 4) is 23.1 Å². The van der Waals surface area contributed by atoms with Gasteiger partial charge in [-0.1, -0.05) is 0 Å². The van der Waals surface area contributed by atoms with E-state index in [1.54, 1.807) is 17.9 Å². The molecule has 0 aliphatic carbocycles. The summed E-state index contributed by atoms with van der Waals surface area (Å²) in [6.07, 6.45) is 0.944. The lowest BCUT2D eigenvalue weighted by Crippen LogP contribution is -2.40. The van der Waals surface area contributed by atoms with Crippen molar-refractivity contribution in [2.24, 2.45) is 5.73 Å². The van der Waals surface area contributed by atoms with Crippen molar-refractivity contribution in [3.05, 3.63) is 53.7 Å². The molecular weight excluding hydrogens is 585 g/mol. The number of anilines is 2. The van der Waals surface area contributed by atoms with Crippen LogP contribution in [0.5, 0.6) is 5.75 Å². The fraction of sp³-hybridized carbons (Fsp3) is 0.296. The van der Waals surface area contributed by atoms with Crippen molar-refractivity contribution >= 4 is 35.4 Å². The molecule has 1 atom stereocenters. The number of likely N-dealkylation sites (tertiary alicyclic amines) is 1. The van der Waals surface area contributed by atoms with Gasteiger partial charge in [-0.05, 0) is 25.5 Å². The van der Waals surface area contributed by atoms with E-state index in [2.05, 4.69) is 25.7 Å². The standard InChI is InChI=1S/C27H25F3N10O4/c1-15-17(26(43)35-11-21(42)38-7-4-16(32)12-38)2-3-19(22(15)44-14-41)36-24-25-34-10-20(40(25)9-6-33-24)18-13-39(8-5-31)37-23(18)27(28,29)30/h2-3,6,9-10,13-14,16H,4,7-8,11-12,32H2,1H3,(H,33,36)(H,35,43)/t16-/m0/s1. The number of halogens is 3. The normalized spacial score (nSPS) is 14.8. The molecule has 0 saturated carbocycles. The Kier molecular flexibility index (Phi) is 8.18. The summed E-state index contributed by atoms with van der Waals surface area (Å²) in [5.74, 6) is -0.766. The summed E-state index contributed by atoms with van der Waals surface area (Å²) >= 11 is 0. The number of nitrogens with two attached hydrogens (primary N) is 1. The summed E-state index contributed by atoms with van der Waals surface area (Å²) in [5.41, 5.74) is 5.15. The molecule has 4 aromatic rings. The van der Waals surface area contributed by atoms with Gasteiger partial charge in [0.25, 0.3) is 12.4 Å². The fourth-order valence-corrected chi connectivity index (χ4v) is 4.92. The second-order valence-corrected chi connectivity index (χ2v) is 9.88. The number of hydrogen-bond acceptors (Lipinski definition) is 10. The van der Waals surface area contributed by atoms with Gasteiger partial charge in [0, 0.05) is 48.8 Å². The van der Waals surface area contributed by atoms with Gasteiger partial charge in [-0.25, -0.2) is 9.97 Å². The Balaban J connectivity index is 1.43. The number of nitriles is 1. The molecule has 44 heavy (non-hydrogen) atoms. The smallest absolute Gasteiger partial charge is 0.426 e. The van der Waals surface area contributed by atoms with Crippen LogP contribution in [0.4, 0.5) is 24.7 Å². The van der Waals surface area contributed by atoms with Gasteiger partial charge in [-0.2, -0.15) is 23.5 Å². The number of aromatic nitrogens is 5. The van der Waals surface area contributed by atoms with Gasteiger partial charge in [0.2, 0.25) is 5.91 Å². The molecule has 14 nitrogen and oxygen atoms in total. The molecule has 2 amide bonds. The molecule has 1 aliphatic rings. The quantitative estimate of drug-likeness (QED) is 0.237. The number of carbonyl (C=O) groups excluding carboxylic acids is 3. The molecule has 17 heteroatoms. The number of imidazole rings is 1. The van der Waals surface area contributed by atoms with E-state index in [0.717, 1.165) is 10.9 Å². The van der Waals surface area contributed by atoms with E-state index in [4.69, 9.17) is 15.7 Å². The molecule has 5 rings (SSSR count). The Labute approximate surface area is 247 Å². The van der Waals surface area contributed by atoms with Crippen molar-refractivity contribution < 1.29 is 32.3 Å². The first-order valence-electron chi connectivity index (χ1n) is 13.2. The molecule has 0 spiro atoms. The van der Waals surface area contributed by atoms with E-state index in [9.17, 15) is 27.6 Å². The number of nitrogens with one attached hydrogen (secondary N) is 2. The number of hydrogen-bond donors (Lipinski definition) is 3. The minimum atomic E-state index is -4.80. The maximum Gasteiger partial charge on any atom is 0.435 e. The lowest BCUT2D eigenvalue weighted by molar-refractivity contribution is -0.141. The van der Waals surface area contributed by atoms with E-state index in [1.807, 2.05) is 0 Å². The van der Waals surface area contributed by atoms with Crippen LogP contribution < -0.4 is 21.1 Å². The Hall–Kier alpha value is -5.50. The van der Waals surface area contributed by atoms with Crippen LogP contribution in [0.3, 0.4) is 0 Å². The lowest BCUT2D eigenvalue weighted by atomic mass is 10.1. The average molecular weight is 611 g/mol. The number of alkyl halides is 3. The van der Waals surface area contributed by atoms with Crippen LogP contribution in [0.1, 0.15) is 28.0 Å². The first-order valence-corrected chi connectivity index (χ1v) is 13.2. The number of fused-ring (bicyclic) bond motifs is 1. The maximum absolute atomic E-state index is 13.8. The maximum atomic E-state index is 13.8. The predicted molar refractivity (Wildman–Crippen MR) is 147 cm³/mol. The Morgan fingerprint density at radius 2 is 2.09 bits per heavy atom. The second kappa shape index (κ2) is 12.0. The first kappa shape index (κ1) is 30.0. The summed E-state index contributed by atoms with van der Waals surface area (Å²) in [6, 6.07) is 4.57. The zero-order chi connectivity index (χ0) is 31.6. The summed E-state index contributed by atoms with van der Waals surface area (Å²) < 4.78 is 48.7. The molecular formula is C27H25F3N10O4. The number of ether oxygens (including phenoxy) is 1. The molecule has 4 N–H and O–H groups in total. The van der Waals surface area contributed by atoms with E-state index >= 15 is 0 Å². The van der Waals surface area contributed by atoms with Gasteiger partial charge < -0.3 is 26.0 Å². The van der Waals surface area contributed by atoms with Gasteiger partial charge in [0.05, 0.1) is 35.8 Å². The highest BCUT2D eigenvalue weighted by Crippen LogP contribution is 2.38. The number of amides is 2. The van der Waals surface area contributed by atoms with Crippen molar-refractivity contribution in [1.82, 2.24) is 34.4 Å². The molecule has 3 aromatic heterocycles. The third kappa shape index (κ3) is 5.87. The Morgan fingerprint density at radius 3 is 2.77 bits per heavy atom. The zero-order valence-electron chi connectivity index (χ0n) is 23.1. The largest absolute Gasteiger partial charge is 0.435 e. The second-order valence-electron chi connectivity index (χ2n) is 9.88. The summed E-state index contributed by atoms with van der Waals surface area (Å²) in [6.45, 7) is 2.02. The van der Waals surface area contributed by atoms with Crippen LogP contribution >= 0.6 is 0 Å². The number of rotatable bonds is 9. The predicted octanol–water partition coefficient (Wildman–Crippen LogP) is 2.01. The molecule has 0 unspecified atom stereocenters. The van der Waals surface area contributed by atoms with Crippen LogP contribution in [0.2, 0.25) is 0 Å².